The maximum atomic E-state index is 12.5. The molecule has 6 heterocycles. The predicted octanol–water partition coefficient (Wildman–Crippen LogP) is 3.79. The summed E-state index contributed by atoms with van der Waals surface area (Å²) in [5, 5.41) is 18.4. The van der Waals surface area contributed by atoms with E-state index < -0.39 is 5.41 Å². The fraction of sp³-hybridized carbons (Fsp3) is 0.467. The van der Waals surface area contributed by atoms with E-state index in [1.165, 1.54) is 0 Å². The van der Waals surface area contributed by atoms with Crippen molar-refractivity contribution in [2.75, 3.05) is 31.5 Å². The first-order chi connectivity index (χ1) is 19.8. The van der Waals surface area contributed by atoms with E-state index in [0.717, 1.165) is 73.4 Å². The lowest BCUT2D eigenvalue weighted by Gasteiger charge is -2.53. The van der Waals surface area contributed by atoms with Gasteiger partial charge >= 0.3 is 0 Å². The van der Waals surface area contributed by atoms with Gasteiger partial charge in [0.1, 0.15) is 23.3 Å². The van der Waals surface area contributed by atoms with Crippen LogP contribution < -0.4 is 5.32 Å². The number of carbonyl (C=O) groups excluding carboxylic acids is 1. The van der Waals surface area contributed by atoms with Crippen LogP contribution in [-0.4, -0.2) is 77.6 Å². The number of nitrogens with zero attached hydrogens (tertiary/aromatic N) is 8. The van der Waals surface area contributed by atoms with Crippen LogP contribution >= 0.6 is 0 Å². The van der Waals surface area contributed by atoms with Gasteiger partial charge in [-0.15, -0.1) is 0 Å². The lowest BCUT2D eigenvalue weighted by atomic mass is 9.83. The second-order valence-electron chi connectivity index (χ2n) is 12.3. The summed E-state index contributed by atoms with van der Waals surface area (Å²) in [4.78, 5) is 33.9. The van der Waals surface area contributed by atoms with Crippen LogP contribution in [0.1, 0.15) is 45.6 Å². The fourth-order valence-electron chi connectivity index (χ4n) is 5.92. The molecule has 4 aromatic rings. The monoisotopic (exact) mass is 552 g/mol. The Hall–Kier alpha value is -4.14. The summed E-state index contributed by atoms with van der Waals surface area (Å²) in [6.07, 6.45) is 11.5. The number of carbonyl (C=O) groups is 1. The van der Waals surface area contributed by atoms with Crippen LogP contribution in [0.4, 0.5) is 5.82 Å². The van der Waals surface area contributed by atoms with E-state index in [0.29, 0.717) is 18.3 Å². The van der Waals surface area contributed by atoms with Crippen molar-refractivity contribution in [2.24, 2.45) is 5.41 Å². The predicted molar refractivity (Wildman–Crippen MR) is 156 cm³/mol. The van der Waals surface area contributed by atoms with Gasteiger partial charge in [-0.05, 0) is 38.1 Å². The Bertz CT molecular complexity index is 1580. The molecule has 0 aromatic carbocycles. The van der Waals surface area contributed by atoms with Gasteiger partial charge in [0, 0.05) is 66.2 Å². The topological polar surface area (TPSA) is 132 Å². The van der Waals surface area contributed by atoms with E-state index in [-0.39, 0.29) is 11.4 Å². The molecule has 2 aliphatic heterocycles. The smallest absolute Gasteiger partial charge is 0.230 e. The zero-order chi connectivity index (χ0) is 28.6. The highest BCUT2D eigenvalue weighted by Gasteiger charge is 2.48. The normalized spacial score (nSPS) is 18.2. The molecule has 2 N–H and O–H groups in total. The summed E-state index contributed by atoms with van der Waals surface area (Å²) < 4.78 is 1.98. The van der Waals surface area contributed by atoms with Gasteiger partial charge in [-0.1, -0.05) is 26.8 Å². The van der Waals surface area contributed by atoms with E-state index in [9.17, 15) is 10.1 Å². The number of H-pyrrole nitrogens is 1. The van der Waals surface area contributed by atoms with Crippen molar-refractivity contribution in [3.63, 3.8) is 0 Å². The van der Waals surface area contributed by atoms with Crippen molar-refractivity contribution in [3.05, 3.63) is 54.9 Å². The Labute approximate surface area is 239 Å². The first kappa shape index (κ1) is 27.1. The summed E-state index contributed by atoms with van der Waals surface area (Å²) >= 11 is 0. The number of nitriles is 1. The van der Waals surface area contributed by atoms with Gasteiger partial charge in [-0.3, -0.25) is 19.3 Å². The average Bonchev–Trinajstić information content (AvgIpc) is 3.62. The Morgan fingerprint density at radius 2 is 2.00 bits per heavy atom. The Morgan fingerprint density at radius 1 is 1.20 bits per heavy atom. The average molecular weight is 553 g/mol. The van der Waals surface area contributed by atoms with E-state index in [1.54, 1.807) is 12.5 Å². The number of rotatable bonds is 7. The highest BCUT2D eigenvalue weighted by molar-refractivity contribution is 5.94. The number of likely N-dealkylation sites (tertiary alicyclic amines) is 2. The molecule has 4 aromatic heterocycles. The molecule has 1 amide bonds. The maximum absolute atomic E-state index is 12.5. The van der Waals surface area contributed by atoms with E-state index in [4.69, 9.17) is 5.10 Å². The second kappa shape index (κ2) is 10.7. The Kier molecular flexibility index (Phi) is 7.05. The number of pyridine rings is 1. The highest BCUT2D eigenvalue weighted by atomic mass is 16.2. The van der Waals surface area contributed by atoms with Crippen molar-refractivity contribution in [3.8, 4) is 17.3 Å². The van der Waals surface area contributed by atoms with Gasteiger partial charge in [-0.2, -0.15) is 10.4 Å². The largest absolute Gasteiger partial charge is 0.346 e. The van der Waals surface area contributed by atoms with E-state index in [1.807, 2.05) is 62.2 Å². The quantitative estimate of drug-likeness (QED) is 0.354. The molecule has 0 atom stereocenters. The molecular formula is C30H36N10O. The number of aromatic nitrogens is 6. The van der Waals surface area contributed by atoms with Crippen LogP contribution in [0.2, 0.25) is 0 Å². The molecule has 2 saturated heterocycles. The van der Waals surface area contributed by atoms with Crippen molar-refractivity contribution in [1.82, 2.24) is 39.5 Å². The summed E-state index contributed by atoms with van der Waals surface area (Å²) in [6, 6.07) is 8.83. The van der Waals surface area contributed by atoms with Crippen molar-refractivity contribution < 1.29 is 4.79 Å². The van der Waals surface area contributed by atoms with Crippen LogP contribution in [0, 0.1) is 16.7 Å². The molecule has 212 valence electrons. The van der Waals surface area contributed by atoms with Gasteiger partial charge < -0.3 is 10.3 Å². The molecule has 2 aliphatic rings. The zero-order valence-corrected chi connectivity index (χ0v) is 23.8. The second-order valence-corrected chi connectivity index (χ2v) is 12.3. The number of fused-ring (bicyclic) bond motifs is 1. The van der Waals surface area contributed by atoms with Gasteiger partial charge in [0.2, 0.25) is 5.91 Å². The lowest BCUT2D eigenvalue weighted by Crippen LogP contribution is -2.66. The van der Waals surface area contributed by atoms with Crippen LogP contribution in [-0.2, 0) is 16.9 Å². The maximum Gasteiger partial charge on any atom is 0.230 e. The number of hydrogen-bond donors (Lipinski definition) is 2. The number of anilines is 1. The molecule has 11 nitrogen and oxygen atoms in total. The molecule has 2 fully saturated rings. The number of amides is 1. The number of nitrogens with one attached hydrogen (secondary N) is 2. The fourth-order valence-corrected chi connectivity index (χ4v) is 5.92. The van der Waals surface area contributed by atoms with Crippen molar-refractivity contribution in [1.29, 1.82) is 5.26 Å². The minimum Gasteiger partial charge on any atom is -0.346 e. The molecule has 0 spiro atoms. The van der Waals surface area contributed by atoms with Crippen molar-refractivity contribution >= 4 is 22.8 Å². The first-order valence-corrected chi connectivity index (χ1v) is 14.2. The van der Waals surface area contributed by atoms with Crippen molar-refractivity contribution in [2.45, 2.75) is 58.2 Å². The Balaban J connectivity index is 1.08. The van der Waals surface area contributed by atoms with Crippen LogP contribution in [0.25, 0.3) is 22.3 Å². The Morgan fingerprint density at radius 3 is 2.76 bits per heavy atom. The van der Waals surface area contributed by atoms with Crippen LogP contribution in [0.15, 0.2) is 49.3 Å². The van der Waals surface area contributed by atoms with Crippen LogP contribution in [0.5, 0.6) is 0 Å². The highest BCUT2D eigenvalue weighted by Crippen LogP contribution is 2.37. The molecule has 0 radical (unpaired) electrons. The number of piperidine rings is 1. The summed E-state index contributed by atoms with van der Waals surface area (Å²) in [6.45, 7) is 10.0. The summed E-state index contributed by atoms with van der Waals surface area (Å²) in [7, 11) is 0. The first-order valence-electron chi connectivity index (χ1n) is 14.2. The van der Waals surface area contributed by atoms with Gasteiger partial charge in [-0.25, -0.2) is 15.0 Å². The third-order valence-electron chi connectivity index (χ3n) is 8.37. The summed E-state index contributed by atoms with van der Waals surface area (Å²) in [5.74, 6) is 0.616. The molecule has 6 rings (SSSR count). The summed E-state index contributed by atoms with van der Waals surface area (Å²) in [5.41, 5.74) is 2.79. The lowest BCUT2D eigenvalue weighted by molar-refractivity contribution is -0.123. The molecular weight excluding hydrogens is 516 g/mol. The minimum absolute atomic E-state index is 0.0334. The molecule has 0 aliphatic carbocycles. The zero-order valence-electron chi connectivity index (χ0n) is 23.8. The van der Waals surface area contributed by atoms with Crippen LogP contribution in [0.3, 0.4) is 0 Å². The third-order valence-corrected chi connectivity index (χ3v) is 8.37. The minimum atomic E-state index is -0.479. The SMILES string of the molecule is CC(C)(C)C(=O)Nc1ncccc1CN1CCC(N2CC(CC#N)(n3cc(-c4ncnc5[nH]ccc45)cn3)C2)CC1. The van der Waals surface area contributed by atoms with Gasteiger partial charge in [0.05, 0.1) is 24.4 Å². The van der Waals surface area contributed by atoms with Gasteiger partial charge in [0.15, 0.2) is 0 Å². The molecule has 0 saturated carbocycles. The molecule has 0 bridgehead atoms. The van der Waals surface area contributed by atoms with E-state index >= 15 is 0 Å². The standard InChI is InChI=1S/C30H36N10O/c1-29(2,3)28(41)37-26-21(5-4-11-32-26)16-38-13-7-23(8-14-38)39-18-30(19-39,9-10-31)40-17-22(15-36-40)25-24-6-12-33-27(24)35-20-34-25/h4-6,11-12,15,17,20,23H,7-9,13-14,16,18-19H2,1-3H3,(H,32,37,41)(H,33,34,35). The third kappa shape index (κ3) is 5.33. The number of aromatic amines is 1. The number of hydrogen-bond acceptors (Lipinski definition) is 8. The van der Waals surface area contributed by atoms with Gasteiger partial charge in [0.25, 0.3) is 0 Å². The molecule has 0 unspecified atom stereocenters. The molecule has 41 heavy (non-hydrogen) atoms. The molecule has 11 heteroatoms. The van der Waals surface area contributed by atoms with E-state index in [2.05, 4.69) is 41.1 Å².